The van der Waals surface area contributed by atoms with Crippen molar-refractivity contribution in [2.75, 3.05) is 5.32 Å². The first kappa shape index (κ1) is 17.2. The molecule has 2 amide bonds. The number of allylic oxidation sites excluding steroid dienone is 2. The number of carbonyl (C=O) groups is 1. The van der Waals surface area contributed by atoms with E-state index in [2.05, 4.69) is 28.5 Å². The first-order valence-corrected chi connectivity index (χ1v) is 8.59. The molecule has 0 aliphatic carbocycles. The van der Waals surface area contributed by atoms with Gasteiger partial charge in [-0.25, -0.2) is 4.79 Å². The molecule has 0 spiro atoms. The van der Waals surface area contributed by atoms with E-state index in [4.69, 9.17) is 0 Å². The summed E-state index contributed by atoms with van der Waals surface area (Å²) in [6.45, 7) is 6.45. The van der Waals surface area contributed by atoms with Crippen molar-refractivity contribution in [3.05, 3.63) is 47.2 Å². The Morgan fingerprint density at radius 2 is 2.32 bits per heavy atom. The molecule has 0 unspecified atom stereocenters. The van der Waals surface area contributed by atoms with Gasteiger partial charge in [-0.3, -0.25) is 5.10 Å². The Kier molecular flexibility index (Phi) is 4.90. The molecule has 3 N–H and O–H groups in total. The number of urea groups is 1. The number of rotatable bonds is 5. The standard InChI is InChI=1S/C19H24N4O2/c1-4-6-13(7-5-2)12(3)23-10-15-16(11-24)14-9-20-22-18(14)8-17(15)21-19(23)25/h4,6-9,12,24H,5,10-11H2,1-3H3,(H,20,22)(H,21,25)/b6-4-,13-7+/t12-/m1/s1. The number of hydrogen-bond donors (Lipinski definition) is 3. The van der Waals surface area contributed by atoms with Crippen molar-refractivity contribution in [1.82, 2.24) is 15.1 Å². The summed E-state index contributed by atoms with van der Waals surface area (Å²) in [5.74, 6) is 0. The van der Waals surface area contributed by atoms with Crippen LogP contribution in [0.15, 0.2) is 36.1 Å². The molecule has 0 saturated carbocycles. The van der Waals surface area contributed by atoms with E-state index in [1.807, 2.05) is 32.1 Å². The number of aliphatic hydroxyl groups excluding tert-OH is 1. The van der Waals surface area contributed by atoms with Crippen molar-refractivity contribution < 1.29 is 9.90 Å². The van der Waals surface area contributed by atoms with Gasteiger partial charge in [0.25, 0.3) is 0 Å². The molecule has 1 atom stereocenters. The third-order valence-electron chi connectivity index (χ3n) is 4.71. The van der Waals surface area contributed by atoms with Crippen LogP contribution in [0.3, 0.4) is 0 Å². The molecule has 6 nitrogen and oxygen atoms in total. The van der Waals surface area contributed by atoms with Gasteiger partial charge in [-0.15, -0.1) is 0 Å². The molecule has 0 bridgehead atoms. The number of carbonyl (C=O) groups excluding carboxylic acids is 1. The zero-order chi connectivity index (χ0) is 18.0. The Hall–Kier alpha value is -2.60. The lowest BCUT2D eigenvalue weighted by atomic mass is 9.97. The minimum Gasteiger partial charge on any atom is -0.392 e. The SMILES string of the molecule is C/C=C\C(=C/CC)[C@@H](C)N1Cc2c(cc3[nH]ncc3c2CO)NC1=O. The number of aliphatic hydroxyl groups is 1. The van der Waals surface area contributed by atoms with E-state index in [0.29, 0.717) is 6.54 Å². The molecule has 1 aromatic carbocycles. The number of nitrogens with one attached hydrogen (secondary N) is 2. The molecule has 1 aromatic heterocycles. The molecule has 25 heavy (non-hydrogen) atoms. The van der Waals surface area contributed by atoms with Gasteiger partial charge < -0.3 is 15.3 Å². The third kappa shape index (κ3) is 3.05. The summed E-state index contributed by atoms with van der Waals surface area (Å²) in [7, 11) is 0. The molecule has 2 heterocycles. The summed E-state index contributed by atoms with van der Waals surface area (Å²) in [6, 6.07) is 1.69. The van der Waals surface area contributed by atoms with E-state index in [-0.39, 0.29) is 18.7 Å². The number of H-pyrrole nitrogens is 1. The second-order valence-electron chi connectivity index (χ2n) is 6.22. The largest absolute Gasteiger partial charge is 0.392 e. The summed E-state index contributed by atoms with van der Waals surface area (Å²) in [5.41, 5.74) is 4.41. The number of amides is 2. The van der Waals surface area contributed by atoms with Gasteiger partial charge >= 0.3 is 6.03 Å². The molecule has 6 heteroatoms. The van der Waals surface area contributed by atoms with E-state index < -0.39 is 0 Å². The number of benzene rings is 1. The average molecular weight is 340 g/mol. The van der Waals surface area contributed by atoms with Crippen LogP contribution in [0.2, 0.25) is 0 Å². The summed E-state index contributed by atoms with van der Waals surface area (Å²) < 4.78 is 0. The number of aromatic amines is 1. The fourth-order valence-corrected chi connectivity index (χ4v) is 3.40. The van der Waals surface area contributed by atoms with E-state index in [9.17, 15) is 9.90 Å². The monoisotopic (exact) mass is 340 g/mol. The number of nitrogens with zero attached hydrogens (tertiary/aromatic N) is 2. The highest BCUT2D eigenvalue weighted by atomic mass is 16.3. The van der Waals surface area contributed by atoms with Crippen molar-refractivity contribution in [2.45, 2.75) is 46.4 Å². The highest BCUT2D eigenvalue weighted by Crippen LogP contribution is 2.34. The Bertz CT molecular complexity index is 850. The van der Waals surface area contributed by atoms with Crippen molar-refractivity contribution >= 4 is 22.6 Å². The first-order valence-electron chi connectivity index (χ1n) is 8.59. The fraction of sp³-hybridized carbons (Fsp3) is 0.368. The van der Waals surface area contributed by atoms with Crippen LogP contribution < -0.4 is 5.32 Å². The Balaban J connectivity index is 2.02. The molecule has 0 saturated heterocycles. The summed E-state index contributed by atoms with van der Waals surface area (Å²) in [4.78, 5) is 14.5. The second-order valence-corrected chi connectivity index (χ2v) is 6.22. The Morgan fingerprint density at radius 3 is 3.00 bits per heavy atom. The van der Waals surface area contributed by atoms with Crippen molar-refractivity contribution in [2.24, 2.45) is 0 Å². The molecule has 2 aromatic rings. The van der Waals surface area contributed by atoms with Crippen molar-refractivity contribution in [1.29, 1.82) is 0 Å². The molecule has 0 radical (unpaired) electrons. The average Bonchev–Trinajstić information content (AvgIpc) is 3.06. The predicted octanol–water partition coefficient (Wildman–Crippen LogP) is 3.70. The minimum absolute atomic E-state index is 0.0594. The molecule has 3 rings (SSSR count). The van der Waals surface area contributed by atoms with Crippen LogP contribution in [0.25, 0.3) is 10.9 Å². The molecule has 0 fully saturated rings. The topological polar surface area (TPSA) is 81.2 Å². The van der Waals surface area contributed by atoms with Crippen LogP contribution in [0, 0.1) is 0 Å². The highest BCUT2D eigenvalue weighted by molar-refractivity contribution is 5.97. The van der Waals surface area contributed by atoms with Crippen LogP contribution in [-0.2, 0) is 13.2 Å². The number of aromatic nitrogens is 2. The molecular weight excluding hydrogens is 316 g/mol. The van der Waals surface area contributed by atoms with Crippen LogP contribution in [0.4, 0.5) is 10.5 Å². The molecule has 1 aliphatic heterocycles. The lowest BCUT2D eigenvalue weighted by molar-refractivity contribution is 0.194. The van der Waals surface area contributed by atoms with E-state index >= 15 is 0 Å². The maximum atomic E-state index is 12.7. The smallest absolute Gasteiger partial charge is 0.322 e. The summed E-state index contributed by atoms with van der Waals surface area (Å²) >= 11 is 0. The van der Waals surface area contributed by atoms with Gasteiger partial charge in [0.15, 0.2) is 0 Å². The van der Waals surface area contributed by atoms with Crippen LogP contribution in [0.1, 0.15) is 38.3 Å². The lowest BCUT2D eigenvalue weighted by Crippen LogP contribution is -2.45. The van der Waals surface area contributed by atoms with Crippen LogP contribution in [-0.4, -0.2) is 32.3 Å². The zero-order valence-corrected chi connectivity index (χ0v) is 14.8. The van der Waals surface area contributed by atoms with Gasteiger partial charge in [0.2, 0.25) is 0 Å². The quantitative estimate of drug-likeness (QED) is 0.726. The van der Waals surface area contributed by atoms with Crippen LogP contribution >= 0.6 is 0 Å². The van der Waals surface area contributed by atoms with Gasteiger partial charge in [-0.1, -0.05) is 25.2 Å². The Morgan fingerprint density at radius 1 is 1.52 bits per heavy atom. The number of hydrogen-bond acceptors (Lipinski definition) is 3. The first-order chi connectivity index (χ1) is 12.1. The second kappa shape index (κ2) is 7.11. The number of anilines is 1. The van der Waals surface area contributed by atoms with Gasteiger partial charge in [0, 0.05) is 16.6 Å². The number of fused-ring (bicyclic) bond motifs is 2. The molecule has 1 aliphatic rings. The van der Waals surface area contributed by atoms with Crippen molar-refractivity contribution in [3.63, 3.8) is 0 Å². The lowest BCUT2D eigenvalue weighted by Gasteiger charge is -2.35. The highest BCUT2D eigenvalue weighted by Gasteiger charge is 2.30. The van der Waals surface area contributed by atoms with Crippen molar-refractivity contribution in [3.8, 4) is 0 Å². The van der Waals surface area contributed by atoms with E-state index in [1.54, 1.807) is 11.1 Å². The predicted molar refractivity (Wildman–Crippen MR) is 99.2 cm³/mol. The maximum Gasteiger partial charge on any atom is 0.322 e. The fourth-order valence-electron chi connectivity index (χ4n) is 3.40. The molecule has 132 valence electrons. The Labute approximate surface area is 147 Å². The van der Waals surface area contributed by atoms with E-state index in [1.165, 1.54) is 0 Å². The van der Waals surface area contributed by atoms with Gasteiger partial charge in [0.05, 0.1) is 30.9 Å². The normalized spacial score (nSPS) is 16.4. The summed E-state index contributed by atoms with van der Waals surface area (Å²) in [5, 5.41) is 20.7. The van der Waals surface area contributed by atoms with Crippen LogP contribution in [0.5, 0.6) is 0 Å². The van der Waals surface area contributed by atoms with E-state index in [0.717, 1.165) is 39.7 Å². The van der Waals surface area contributed by atoms with Gasteiger partial charge in [-0.05, 0) is 37.5 Å². The zero-order valence-electron chi connectivity index (χ0n) is 14.8. The van der Waals surface area contributed by atoms with Gasteiger partial charge in [0.1, 0.15) is 0 Å². The third-order valence-corrected chi connectivity index (χ3v) is 4.71. The summed E-state index contributed by atoms with van der Waals surface area (Å²) in [6.07, 6.45) is 8.80. The molecular formula is C19H24N4O2. The van der Waals surface area contributed by atoms with Gasteiger partial charge in [-0.2, -0.15) is 5.10 Å². The maximum absolute atomic E-state index is 12.7. The minimum atomic E-state index is -0.130.